The molecule has 4 unspecified atom stereocenters. The maximum absolute atomic E-state index is 11.8. The summed E-state index contributed by atoms with van der Waals surface area (Å²) in [7, 11) is 7.96. The zero-order valence-electron chi connectivity index (χ0n) is 55.4. The fourth-order valence-electron chi connectivity index (χ4n) is 13.0. The number of benzene rings is 6. The van der Waals surface area contributed by atoms with E-state index in [-0.39, 0.29) is 47.8 Å². The number of ether oxygens (including phenoxy) is 7. The summed E-state index contributed by atoms with van der Waals surface area (Å²) >= 11 is 3.14. The molecule has 11 aromatic rings. The van der Waals surface area contributed by atoms with Gasteiger partial charge in [-0.2, -0.15) is 0 Å². The summed E-state index contributed by atoms with van der Waals surface area (Å²) in [4.78, 5) is 97.3. The van der Waals surface area contributed by atoms with Crippen molar-refractivity contribution in [2.75, 3.05) is 48.3 Å². The average Bonchev–Trinajstić information content (AvgIpc) is 1.57. The van der Waals surface area contributed by atoms with Crippen molar-refractivity contribution in [1.29, 1.82) is 0 Å². The van der Waals surface area contributed by atoms with E-state index in [0.29, 0.717) is 102 Å². The lowest BCUT2D eigenvalue weighted by atomic mass is 10.0. The molecule has 9 heterocycles. The van der Waals surface area contributed by atoms with E-state index in [1.54, 1.807) is 77.5 Å². The molecule has 8 amide bonds. The number of nitrogens with zero attached hydrogens (tertiary/aromatic N) is 4. The van der Waals surface area contributed by atoms with Gasteiger partial charge in [0.2, 0.25) is 23.6 Å². The van der Waals surface area contributed by atoms with Crippen LogP contribution in [0.5, 0.6) is 40.2 Å². The highest BCUT2D eigenvalue weighted by molar-refractivity contribution is 7.17. The van der Waals surface area contributed by atoms with Crippen LogP contribution in [-0.2, 0) is 32.8 Å². The van der Waals surface area contributed by atoms with Gasteiger partial charge in [-0.15, -0.1) is 22.7 Å². The van der Waals surface area contributed by atoms with E-state index in [1.165, 1.54) is 28.4 Å². The van der Waals surface area contributed by atoms with Crippen molar-refractivity contribution < 1.29 is 71.5 Å². The maximum atomic E-state index is 11.8. The van der Waals surface area contributed by atoms with Gasteiger partial charge in [-0.3, -0.25) is 38.4 Å². The molecule has 4 aliphatic heterocycles. The van der Waals surface area contributed by atoms with Gasteiger partial charge in [-0.25, -0.2) is 4.98 Å². The Balaban J connectivity index is 0.000000127. The number of hydrogen-bond acceptors (Lipinski definition) is 18. The molecule has 12 N–H and O–H groups in total. The van der Waals surface area contributed by atoms with Crippen LogP contribution in [0, 0.1) is 0 Å². The quantitative estimate of drug-likeness (QED) is 0.0363. The number of thiophene rings is 1. The third-order valence-electron chi connectivity index (χ3n) is 18.0. The molecule has 4 atom stereocenters. The second-order valence-corrected chi connectivity index (χ2v) is 26.3. The van der Waals surface area contributed by atoms with Crippen LogP contribution >= 0.6 is 22.7 Å². The molecule has 520 valence electrons. The fraction of sp³-hybridized carbons (Fsp3) is 0.310. The Morgan fingerprint density at radius 1 is 0.500 bits per heavy atom. The van der Waals surface area contributed by atoms with Gasteiger partial charge < -0.3 is 90.9 Å². The maximum Gasteiger partial charge on any atom is 0.252 e. The van der Waals surface area contributed by atoms with Gasteiger partial charge >= 0.3 is 0 Å². The van der Waals surface area contributed by atoms with E-state index in [1.807, 2.05) is 68.0 Å². The fourth-order valence-corrected chi connectivity index (χ4v) is 14.7. The number of nitrogens with two attached hydrogens (primary N) is 4. The number of aryl methyl sites for hydroxylation is 2. The molecule has 0 saturated carbocycles. The molecular formula is C71H74N12O15S2. The SMILES string of the molecule is COc1cc2c(OCC3CCC(=O)N3)c3c(ccn3C)cc2cc1C(N)=O.COc1cc2c(OCC3CCC(=O)N3)c3sccc3cc2cc1C(N)=O.COc1cc2c(OCC3CCC(=O)N3)c3sccn3c2cc1C(N)=O.COc1cc2c(cc1C(N)=O)ncn2CCC1CCC(=O)N1. The van der Waals surface area contributed by atoms with E-state index in [2.05, 4.69) is 26.3 Å². The molecule has 4 saturated heterocycles. The van der Waals surface area contributed by atoms with Crippen LogP contribution in [0.1, 0.15) is 99.2 Å². The standard InChI is InChI=1S/C20H21N3O4.C19H18N2O4S.C17H17N3O4S.C15H18N4O3/c1-23-6-5-11-7-12-8-15(20(21)25)16(26-2)9-14(12)19(18(11)23)27-10-13-3-4-17(24)22-13;1-24-15-8-13-11(7-14(15)19(20)23)6-10-4-5-26-18(10)17(13)25-9-12-2-3-16(22)21-12;1-23-13-7-10-12(6-11(13)16(18)22)20-4-5-25-17(20)15(10)24-8-9-2-3-14(21)19-9;1-22-13-7-12-11(6-10(13)15(16)21)17-8-19(12)5-4-9-2-3-14(20)18-9/h5-9,13H,3-4,10H2,1-2H3,(H2,21,25)(H,22,24);4-8,12H,2-3,9H2,1H3,(H2,20,23)(H,21,22);4-7,9H,2-3,8H2,1H3,(H2,18,22)(H,19,21);6-9H,2-5H2,1H3,(H2,16,21)(H,18,20). The Kier molecular flexibility index (Phi) is 20.2. The Labute approximate surface area is 579 Å². The highest BCUT2D eigenvalue weighted by Crippen LogP contribution is 2.43. The van der Waals surface area contributed by atoms with E-state index in [0.717, 1.165) is 114 Å². The van der Waals surface area contributed by atoms with Crippen molar-refractivity contribution in [3.05, 3.63) is 125 Å². The first-order valence-corrected chi connectivity index (χ1v) is 34.0. The van der Waals surface area contributed by atoms with Crippen molar-refractivity contribution >= 4 is 139 Å². The summed E-state index contributed by atoms with van der Waals surface area (Å²) in [6.45, 7) is 1.92. The molecule has 15 rings (SSSR count). The summed E-state index contributed by atoms with van der Waals surface area (Å²) in [5.41, 5.74) is 26.5. The van der Waals surface area contributed by atoms with Crippen LogP contribution in [0.2, 0.25) is 0 Å². The zero-order chi connectivity index (χ0) is 70.6. The summed E-state index contributed by atoms with van der Waals surface area (Å²) in [5, 5.41) is 21.9. The molecule has 100 heavy (non-hydrogen) atoms. The lowest BCUT2D eigenvalue weighted by Gasteiger charge is -2.17. The third kappa shape index (κ3) is 14.3. The van der Waals surface area contributed by atoms with Gasteiger partial charge in [-0.1, -0.05) is 0 Å². The molecule has 6 aromatic carbocycles. The van der Waals surface area contributed by atoms with Crippen LogP contribution < -0.4 is 77.4 Å². The first-order chi connectivity index (χ1) is 48.2. The lowest BCUT2D eigenvalue weighted by molar-refractivity contribution is -0.120. The summed E-state index contributed by atoms with van der Waals surface area (Å²) in [6.07, 6.45) is 11.8. The second kappa shape index (κ2) is 29.4. The molecule has 0 radical (unpaired) electrons. The summed E-state index contributed by atoms with van der Waals surface area (Å²) in [5.74, 6) is 1.97. The minimum absolute atomic E-state index is 0.00476. The van der Waals surface area contributed by atoms with Crippen LogP contribution in [0.15, 0.2) is 102 Å². The number of imidazole rings is 1. The van der Waals surface area contributed by atoms with Gasteiger partial charge in [0.25, 0.3) is 23.6 Å². The van der Waals surface area contributed by atoms with E-state index in [9.17, 15) is 38.4 Å². The number of fused-ring (bicyclic) bond motifs is 8. The number of nitrogens with one attached hydrogen (secondary N) is 4. The minimum atomic E-state index is -0.543. The number of thiazole rings is 1. The summed E-state index contributed by atoms with van der Waals surface area (Å²) < 4.78 is 46.6. The lowest BCUT2D eigenvalue weighted by Crippen LogP contribution is -2.31. The third-order valence-corrected chi connectivity index (χ3v) is 19.8. The van der Waals surface area contributed by atoms with Crippen LogP contribution in [0.4, 0.5) is 0 Å². The first kappa shape index (κ1) is 68.6. The van der Waals surface area contributed by atoms with Crippen molar-refractivity contribution in [2.45, 2.75) is 88.5 Å². The van der Waals surface area contributed by atoms with E-state index in [4.69, 9.17) is 56.1 Å². The number of primary amides is 4. The molecule has 4 aliphatic rings. The number of rotatable bonds is 20. The van der Waals surface area contributed by atoms with E-state index >= 15 is 0 Å². The van der Waals surface area contributed by atoms with Gasteiger partial charge in [0.05, 0.1) is 102 Å². The number of aromatic nitrogens is 4. The van der Waals surface area contributed by atoms with Gasteiger partial charge in [0.1, 0.15) is 53.4 Å². The average molecular weight is 1400 g/mol. The molecule has 29 heteroatoms. The molecule has 0 aliphatic carbocycles. The second-order valence-electron chi connectivity index (χ2n) is 24.5. The van der Waals surface area contributed by atoms with Gasteiger partial charge in [0.15, 0.2) is 11.5 Å². The normalized spacial score (nSPS) is 17.1. The minimum Gasteiger partial charge on any atom is -0.496 e. The summed E-state index contributed by atoms with van der Waals surface area (Å²) in [6, 6.07) is 22.2. The van der Waals surface area contributed by atoms with Crippen molar-refractivity contribution in [3.63, 3.8) is 0 Å². The predicted octanol–water partition coefficient (Wildman–Crippen LogP) is 7.65. The van der Waals surface area contributed by atoms with Crippen molar-refractivity contribution in [3.8, 4) is 40.2 Å². The van der Waals surface area contributed by atoms with Crippen LogP contribution in [0.25, 0.3) is 69.3 Å². The van der Waals surface area contributed by atoms with Gasteiger partial charge in [0, 0.05) is 90.7 Å². The zero-order valence-corrected chi connectivity index (χ0v) is 57.0. The Morgan fingerprint density at radius 3 is 1.49 bits per heavy atom. The Hall–Kier alpha value is -11.3. The first-order valence-electron chi connectivity index (χ1n) is 32.2. The number of methoxy groups -OCH3 is 4. The molecule has 0 spiro atoms. The largest absolute Gasteiger partial charge is 0.496 e. The van der Waals surface area contributed by atoms with Crippen LogP contribution in [-0.4, -0.2) is 138 Å². The Bertz CT molecular complexity index is 5070. The van der Waals surface area contributed by atoms with Crippen molar-refractivity contribution in [1.82, 2.24) is 39.8 Å². The van der Waals surface area contributed by atoms with E-state index < -0.39 is 23.6 Å². The molecule has 5 aromatic heterocycles. The molecular weight excluding hydrogens is 1320 g/mol. The predicted molar refractivity (Wildman–Crippen MR) is 378 cm³/mol. The highest BCUT2D eigenvalue weighted by Gasteiger charge is 2.28. The number of carbonyl (C=O) groups excluding carboxylic acids is 8. The molecule has 4 fully saturated rings. The molecule has 27 nitrogen and oxygen atoms in total. The smallest absolute Gasteiger partial charge is 0.252 e. The molecule has 0 bridgehead atoms. The highest BCUT2D eigenvalue weighted by atomic mass is 32.1. The monoisotopic (exact) mass is 1400 g/mol. The Morgan fingerprint density at radius 2 is 0.970 bits per heavy atom. The van der Waals surface area contributed by atoms with Gasteiger partial charge in [-0.05, 0) is 120 Å². The number of hydrogen-bond donors (Lipinski definition) is 8. The van der Waals surface area contributed by atoms with Crippen LogP contribution in [0.3, 0.4) is 0 Å². The number of carbonyl (C=O) groups is 8. The number of amides is 8. The topological polar surface area (TPSA) is 381 Å². The van der Waals surface area contributed by atoms with Crippen molar-refractivity contribution in [2.24, 2.45) is 30.0 Å².